The number of aromatic nitrogens is 4. The summed E-state index contributed by atoms with van der Waals surface area (Å²) in [5.41, 5.74) is 0.915. The van der Waals surface area contributed by atoms with Crippen molar-refractivity contribution in [1.82, 2.24) is 24.3 Å². The van der Waals surface area contributed by atoms with Crippen LogP contribution in [0.15, 0.2) is 45.8 Å². The largest absolute Gasteiger partial charge is 0.401 e. The molecule has 3 rings (SSSR count). The number of carbonyl (C=O) groups excluding carboxylic acids is 1. The second-order valence-electron chi connectivity index (χ2n) is 7.50. The molecule has 10 nitrogen and oxygen atoms in total. The summed E-state index contributed by atoms with van der Waals surface area (Å²) in [7, 11) is -3.61. The van der Waals surface area contributed by atoms with Crippen molar-refractivity contribution in [2.24, 2.45) is 0 Å². The van der Waals surface area contributed by atoms with Gasteiger partial charge in [-0.2, -0.15) is 9.40 Å². The Morgan fingerprint density at radius 3 is 2.50 bits per heavy atom. The van der Waals surface area contributed by atoms with Gasteiger partial charge in [0.05, 0.1) is 4.90 Å². The lowest BCUT2D eigenvalue weighted by Gasteiger charge is -2.20. The third kappa shape index (κ3) is 5.05. The van der Waals surface area contributed by atoms with E-state index in [-0.39, 0.29) is 28.4 Å². The number of unbranched alkanes of at least 4 members (excludes halogenated alkanes) is 1. The van der Waals surface area contributed by atoms with Crippen molar-refractivity contribution in [3.05, 3.63) is 42.1 Å². The first-order chi connectivity index (χ1) is 15.3. The summed E-state index contributed by atoms with van der Waals surface area (Å²) in [5, 5.41) is 14.6. The second kappa shape index (κ2) is 10.0. The van der Waals surface area contributed by atoms with Gasteiger partial charge in [-0.1, -0.05) is 25.4 Å². The van der Waals surface area contributed by atoms with Gasteiger partial charge in [0.25, 0.3) is 11.8 Å². The van der Waals surface area contributed by atoms with Crippen LogP contribution in [-0.4, -0.2) is 51.7 Å². The first-order valence-corrected chi connectivity index (χ1v) is 12.0. The normalized spacial score (nSPS) is 11.9. The predicted octanol–water partition coefficient (Wildman–Crippen LogP) is 3.58. The molecular formula is C21H28N6O4S. The van der Waals surface area contributed by atoms with Crippen molar-refractivity contribution in [3.8, 4) is 11.6 Å². The number of hydrogen-bond donors (Lipinski definition) is 1. The third-order valence-electron chi connectivity index (χ3n) is 4.89. The van der Waals surface area contributed by atoms with Crippen LogP contribution in [0, 0.1) is 0 Å². The number of nitrogens with zero attached hydrogens (tertiary/aromatic N) is 5. The smallest absolute Gasteiger partial charge is 0.322 e. The molecule has 0 fully saturated rings. The molecule has 0 saturated heterocycles. The van der Waals surface area contributed by atoms with E-state index < -0.39 is 15.9 Å². The SMILES string of the molecule is CCCCN(CC)S(=O)(=O)c1ccc(C(=O)Nc2nnc(-c3ccnn3C(C)C)o2)cc1. The van der Waals surface area contributed by atoms with Crippen molar-refractivity contribution in [1.29, 1.82) is 0 Å². The molecule has 3 aromatic rings. The van der Waals surface area contributed by atoms with Crippen molar-refractivity contribution < 1.29 is 17.6 Å². The van der Waals surface area contributed by atoms with Crippen LogP contribution in [0.4, 0.5) is 6.01 Å². The van der Waals surface area contributed by atoms with Gasteiger partial charge in [-0.05, 0) is 50.6 Å². The fourth-order valence-corrected chi connectivity index (χ4v) is 4.64. The van der Waals surface area contributed by atoms with Crippen LogP contribution in [0.2, 0.25) is 0 Å². The lowest BCUT2D eigenvalue weighted by atomic mass is 10.2. The minimum Gasteiger partial charge on any atom is -0.401 e. The Labute approximate surface area is 187 Å². The van der Waals surface area contributed by atoms with Crippen LogP contribution in [0.25, 0.3) is 11.6 Å². The number of amides is 1. The average Bonchev–Trinajstić information content (AvgIpc) is 3.43. The molecule has 2 aromatic heterocycles. The highest BCUT2D eigenvalue weighted by Crippen LogP contribution is 2.23. The topological polar surface area (TPSA) is 123 Å². The van der Waals surface area contributed by atoms with E-state index >= 15 is 0 Å². The van der Waals surface area contributed by atoms with Gasteiger partial charge in [0, 0.05) is 30.9 Å². The van der Waals surface area contributed by atoms with E-state index in [2.05, 4.69) is 20.6 Å². The quantitative estimate of drug-likeness (QED) is 0.490. The van der Waals surface area contributed by atoms with E-state index in [4.69, 9.17) is 4.42 Å². The van der Waals surface area contributed by atoms with Crippen LogP contribution in [-0.2, 0) is 10.0 Å². The molecule has 0 aliphatic heterocycles. The van der Waals surface area contributed by atoms with Crippen molar-refractivity contribution in [2.75, 3.05) is 18.4 Å². The summed E-state index contributed by atoms with van der Waals surface area (Å²) in [6, 6.07) is 7.57. The van der Waals surface area contributed by atoms with Crippen LogP contribution < -0.4 is 5.32 Å². The molecule has 0 aliphatic rings. The number of anilines is 1. The number of nitrogens with one attached hydrogen (secondary N) is 1. The molecule has 1 N–H and O–H groups in total. The molecule has 2 heterocycles. The lowest BCUT2D eigenvalue weighted by Crippen LogP contribution is -2.31. The van der Waals surface area contributed by atoms with Crippen LogP contribution in [0.1, 0.15) is 56.9 Å². The Hall–Kier alpha value is -3.05. The minimum atomic E-state index is -3.61. The molecule has 32 heavy (non-hydrogen) atoms. The maximum absolute atomic E-state index is 12.8. The first-order valence-electron chi connectivity index (χ1n) is 10.6. The Morgan fingerprint density at radius 2 is 1.88 bits per heavy atom. The fourth-order valence-electron chi connectivity index (χ4n) is 3.15. The Bertz CT molecular complexity index is 1150. The summed E-state index contributed by atoms with van der Waals surface area (Å²) in [6.45, 7) is 8.62. The van der Waals surface area contributed by atoms with E-state index in [0.29, 0.717) is 18.8 Å². The van der Waals surface area contributed by atoms with Gasteiger partial charge in [-0.25, -0.2) is 8.42 Å². The van der Waals surface area contributed by atoms with Gasteiger partial charge < -0.3 is 4.42 Å². The van der Waals surface area contributed by atoms with E-state index in [1.54, 1.807) is 16.9 Å². The van der Waals surface area contributed by atoms with E-state index in [1.807, 2.05) is 27.7 Å². The first kappa shape index (κ1) is 23.6. The number of rotatable bonds is 10. The number of carbonyl (C=O) groups is 1. The summed E-state index contributed by atoms with van der Waals surface area (Å²) >= 11 is 0. The molecule has 0 radical (unpaired) electrons. The average molecular weight is 461 g/mol. The van der Waals surface area contributed by atoms with Gasteiger partial charge in [0.1, 0.15) is 5.69 Å². The molecule has 11 heteroatoms. The van der Waals surface area contributed by atoms with Crippen LogP contribution >= 0.6 is 0 Å². The molecule has 0 bridgehead atoms. The Balaban J connectivity index is 1.72. The highest BCUT2D eigenvalue weighted by molar-refractivity contribution is 7.89. The molecule has 0 unspecified atom stereocenters. The van der Waals surface area contributed by atoms with Crippen molar-refractivity contribution >= 4 is 21.9 Å². The van der Waals surface area contributed by atoms with Gasteiger partial charge >= 0.3 is 6.01 Å². The zero-order valence-electron chi connectivity index (χ0n) is 18.6. The number of sulfonamides is 1. The van der Waals surface area contributed by atoms with Crippen LogP contribution in [0.5, 0.6) is 0 Å². The molecule has 0 spiro atoms. The van der Waals surface area contributed by atoms with E-state index in [9.17, 15) is 13.2 Å². The summed E-state index contributed by atoms with van der Waals surface area (Å²) < 4.78 is 34.4. The zero-order chi connectivity index (χ0) is 23.3. The van der Waals surface area contributed by atoms with Crippen molar-refractivity contribution in [2.45, 2.75) is 51.5 Å². The highest BCUT2D eigenvalue weighted by Gasteiger charge is 2.23. The third-order valence-corrected chi connectivity index (χ3v) is 6.88. The fraction of sp³-hybridized carbons (Fsp3) is 0.429. The second-order valence-corrected chi connectivity index (χ2v) is 9.43. The van der Waals surface area contributed by atoms with Gasteiger partial charge in [-0.15, -0.1) is 5.10 Å². The Kier molecular flexibility index (Phi) is 7.41. The standard InChI is InChI=1S/C21H28N6O4S/c1-5-7-14-26(6-2)32(29,30)17-10-8-16(9-11-17)19(28)23-21-25-24-20(31-21)18-12-13-22-27(18)15(3)4/h8-13,15H,5-7,14H2,1-4H3,(H,23,25,28). The van der Waals surface area contributed by atoms with E-state index in [0.717, 1.165) is 12.8 Å². The molecule has 0 aliphatic carbocycles. The zero-order valence-corrected chi connectivity index (χ0v) is 19.5. The Morgan fingerprint density at radius 1 is 1.16 bits per heavy atom. The van der Waals surface area contributed by atoms with Crippen LogP contribution in [0.3, 0.4) is 0 Å². The molecule has 0 atom stereocenters. The highest BCUT2D eigenvalue weighted by atomic mass is 32.2. The van der Waals surface area contributed by atoms with E-state index in [1.165, 1.54) is 28.6 Å². The summed E-state index contributed by atoms with van der Waals surface area (Å²) in [5.74, 6) is -0.250. The summed E-state index contributed by atoms with van der Waals surface area (Å²) in [4.78, 5) is 12.7. The monoisotopic (exact) mass is 460 g/mol. The lowest BCUT2D eigenvalue weighted by molar-refractivity contribution is 0.102. The van der Waals surface area contributed by atoms with Gasteiger partial charge in [0.2, 0.25) is 10.0 Å². The van der Waals surface area contributed by atoms with Gasteiger partial charge in [-0.3, -0.25) is 14.8 Å². The molecule has 1 aromatic carbocycles. The molecule has 1 amide bonds. The predicted molar refractivity (Wildman–Crippen MR) is 120 cm³/mol. The van der Waals surface area contributed by atoms with Crippen molar-refractivity contribution in [3.63, 3.8) is 0 Å². The molecule has 0 saturated carbocycles. The molecular weight excluding hydrogens is 432 g/mol. The molecule has 172 valence electrons. The minimum absolute atomic E-state index is 0.0603. The van der Waals surface area contributed by atoms with Gasteiger partial charge in [0.15, 0.2) is 0 Å². The number of benzene rings is 1. The summed E-state index contributed by atoms with van der Waals surface area (Å²) in [6.07, 6.45) is 3.33. The maximum atomic E-state index is 12.8. The number of hydrogen-bond acceptors (Lipinski definition) is 7. The maximum Gasteiger partial charge on any atom is 0.322 e.